The zero-order valence-corrected chi connectivity index (χ0v) is 10.8. The van der Waals surface area contributed by atoms with Crippen LogP contribution in [0.4, 0.5) is 5.69 Å². The highest BCUT2D eigenvalue weighted by Crippen LogP contribution is 2.25. The summed E-state index contributed by atoms with van der Waals surface area (Å²) in [5.41, 5.74) is 7.78. The fourth-order valence-corrected chi connectivity index (χ4v) is 2.05. The molecule has 0 aromatic heterocycles. The van der Waals surface area contributed by atoms with E-state index in [4.69, 9.17) is 18.0 Å². The van der Waals surface area contributed by atoms with Gasteiger partial charge in [-0.3, -0.25) is 0 Å². The predicted molar refractivity (Wildman–Crippen MR) is 74.8 cm³/mol. The first kappa shape index (κ1) is 13.0. The van der Waals surface area contributed by atoms with Crippen molar-refractivity contribution >= 4 is 23.0 Å². The maximum Gasteiger partial charge on any atom is 0.168 e. The molecule has 0 spiro atoms. The number of nitrogens with one attached hydrogen (secondary N) is 1. The molecule has 0 saturated heterocycles. The third-order valence-corrected chi connectivity index (χ3v) is 2.88. The number of anilines is 1. The predicted octanol–water partition coefficient (Wildman–Crippen LogP) is 3.64. The zero-order chi connectivity index (χ0) is 12.0. The van der Waals surface area contributed by atoms with Crippen LogP contribution in [0.5, 0.6) is 0 Å². The van der Waals surface area contributed by atoms with Gasteiger partial charge < -0.3 is 11.1 Å². The van der Waals surface area contributed by atoms with Crippen LogP contribution in [0.15, 0.2) is 24.3 Å². The van der Waals surface area contributed by atoms with Crippen LogP contribution >= 0.6 is 12.2 Å². The Morgan fingerprint density at radius 3 is 2.38 bits per heavy atom. The Morgan fingerprint density at radius 2 is 1.94 bits per heavy atom. The van der Waals surface area contributed by atoms with E-state index in [2.05, 4.69) is 31.3 Å². The number of rotatable bonds is 5. The van der Waals surface area contributed by atoms with Gasteiger partial charge in [-0.05, 0) is 48.7 Å². The van der Waals surface area contributed by atoms with Crippen molar-refractivity contribution in [1.29, 1.82) is 0 Å². The molecule has 1 unspecified atom stereocenters. The van der Waals surface area contributed by atoms with Gasteiger partial charge in [0, 0.05) is 5.69 Å². The summed E-state index contributed by atoms with van der Waals surface area (Å²) in [6.07, 6.45) is 3.67. The van der Waals surface area contributed by atoms with Gasteiger partial charge in [-0.2, -0.15) is 0 Å². The summed E-state index contributed by atoms with van der Waals surface area (Å²) in [4.78, 5) is 0. The molecule has 1 atom stereocenters. The van der Waals surface area contributed by atoms with E-state index in [0.717, 1.165) is 5.69 Å². The minimum atomic E-state index is 0.313. The third-order valence-electron chi connectivity index (χ3n) is 2.78. The van der Waals surface area contributed by atoms with E-state index in [1.807, 2.05) is 12.1 Å². The van der Waals surface area contributed by atoms with Crippen molar-refractivity contribution in [3.05, 3.63) is 29.8 Å². The quantitative estimate of drug-likeness (QED) is 0.767. The Labute approximate surface area is 103 Å². The second kappa shape index (κ2) is 6.48. The molecule has 0 aliphatic carbocycles. The van der Waals surface area contributed by atoms with E-state index in [1.165, 1.54) is 24.8 Å². The highest BCUT2D eigenvalue weighted by atomic mass is 32.1. The molecule has 88 valence electrons. The van der Waals surface area contributed by atoms with E-state index in [-0.39, 0.29) is 0 Å². The zero-order valence-electron chi connectivity index (χ0n) is 9.99. The Morgan fingerprint density at radius 1 is 1.31 bits per heavy atom. The van der Waals surface area contributed by atoms with Gasteiger partial charge in [0.05, 0.1) is 0 Å². The first-order valence-electron chi connectivity index (χ1n) is 5.83. The normalized spacial score (nSPS) is 12.1. The summed E-state index contributed by atoms with van der Waals surface area (Å²) < 4.78 is 0. The summed E-state index contributed by atoms with van der Waals surface area (Å²) in [5.74, 6) is 0.670. The molecule has 16 heavy (non-hydrogen) atoms. The van der Waals surface area contributed by atoms with Gasteiger partial charge >= 0.3 is 0 Å². The smallest absolute Gasteiger partial charge is 0.168 e. The van der Waals surface area contributed by atoms with Crippen molar-refractivity contribution in [2.24, 2.45) is 5.73 Å². The van der Waals surface area contributed by atoms with Crippen LogP contribution in [0.1, 0.15) is 44.6 Å². The molecule has 1 rings (SSSR count). The van der Waals surface area contributed by atoms with Crippen molar-refractivity contribution in [2.45, 2.75) is 39.0 Å². The molecule has 1 aromatic rings. The molecule has 3 heteroatoms. The highest BCUT2D eigenvalue weighted by molar-refractivity contribution is 7.80. The molecular weight excluding hydrogens is 216 g/mol. The second-order valence-corrected chi connectivity index (χ2v) is 4.44. The Kier molecular flexibility index (Phi) is 5.26. The highest BCUT2D eigenvalue weighted by Gasteiger charge is 2.07. The number of benzene rings is 1. The second-order valence-electron chi connectivity index (χ2n) is 4.01. The van der Waals surface area contributed by atoms with Crippen LogP contribution in [0, 0.1) is 0 Å². The minimum Gasteiger partial charge on any atom is -0.376 e. The van der Waals surface area contributed by atoms with Crippen molar-refractivity contribution < 1.29 is 0 Å². The van der Waals surface area contributed by atoms with Crippen molar-refractivity contribution in [2.75, 3.05) is 5.32 Å². The lowest BCUT2D eigenvalue weighted by atomic mass is 9.92. The molecule has 0 fully saturated rings. The van der Waals surface area contributed by atoms with E-state index in [9.17, 15) is 0 Å². The Hall–Kier alpha value is -1.09. The number of hydrogen-bond acceptors (Lipinski definition) is 1. The van der Waals surface area contributed by atoms with Gasteiger partial charge in [0.25, 0.3) is 0 Å². The number of hydrogen-bond donors (Lipinski definition) is 2. The van der Waals surface area contributed by atoms with E-state index < -0.39 is 0 Å². The van der Waals surface area contributed by atoms with Crippen LogP contribution in [-0.2, 0) is 0 Å². The molecule has 0 aliphatic rings. The average Bonchev–Trinajstić information content (AvgIpc) is 2.26. The van der Waals surface area contributed by atoms with Crippen molar-refractivity contribution in [3.8, 4) is 0 Å². The average molecular weight is 236 g/mol. The largest absolute Gasteiger partial charge is 0.376 e. The lowest BCUT2D eigenvalue weighted by Crippen LogP contribution is -2.18. The van der Waals surface area contributed by atoms with Gasteiger partial charge in [-0.25, -0.2) is 0 Å². The lowest BCUT2D eigenvalue weighted by molar-refractivity contribution is 0.596. The van der Waals surface area contributed by atoms with Crippen LogP contribution in [0.2, 0.25) is 0 Å². The molecule has 3 N–H and O–H groups in total. The maximum absolute atomic E-state index is 5.42. The SMILES string of the molecule is CCCC(CC)c1ccc(NC(N)=S)cc1. The fraction of sp³-hybridized carbons (Fsp3) is 0.462. The molecule has 0 amide bonds. The summed E-state index contributed by atoms with van der Waals surface area (Å²) in [6.45, 7) is 4.47. The third kappa shape index (κ3) is 3.81. The van der Waals surface area contributed by atoms with E-state index >= 15 is 0 Å². The molecule has 0 radical (unpaired) electrons. The first-order chi connectivity index (χ1) is 7.67. The first-order valence-corrected chi connectivity index (χ1v) is 6.24. The van der Waals surface area contributed by atoms with Gasteiger partial charge in [0.1, 0.15) is 0 Å². The van der Waals surface area contributed by atoms with Crippen molar-refractivity contribution in [3.63, 3.8) is 0 Å². The molecule has 2 nitrogen and oxygen atoms in total. The topological polar surface area (TPSA) is 38.0 Å². The maximum atomic E-state index is 5.42. The van der Waals surface area contributed by atoms with E-state index in [1.54, 1.807) is 0 Å². The molecular formula is C13H20N2S. The molecule has 0 saturated carbocycles. The Balaban J connectivity index is 2.72. The number of nitrogens with two attached hydrogens (primary N) is 1. The number of thiocarbonyl (C=S) groups is 1. The minimum absolute atomic E-state index is 0.313. The van der Waals surface area contributed by atoms with Crippen LogP contribution in [-0.4, -0.2) is 5.11 Å². The van der Waals surface area contributed by atoms with Crippen LogP contribution < -0.4 is 11.1 Å². The summed E-state index contributed by atoms with van der Waals surface area (Å²) >= 11 is 4.79. The Bertz CT molecular complexity index is 332. The summed E-state index contributed by atoms with van der Waals surface area (Å²) in [5, 5.41) is 3.24. The van der Waals surface area contributed by atoms with Gasteiger partial charge in [-0.15, -0.1) is 0 Å². The van der Waals surface area contributed by atoms with Crippen LogP contribution in [0.3, 0.4) is 0 Å². The van der Waals surface area contributed by atoms with Gasteiger partial charge in [0.15, 0.2) is 5.11 Å². The van der Waals surface area contributed by atoms with Crippen LogP contribution in [0.25, 0.3) is 0 Å². The van der Waals surface area contributed by atoms with Gasteiger partial charge in [0.2, 0.25) is 0 Å². The van der Waals surface area contributed by atoms with Crippen molar-refractivity contribution in [1.82, 2.24) is 0 Å². The van der Waals surface area contributed by atoms with E-state index in [0.29, 0.717) is 11.0 Å². The molecule has 0 heterocycles. The standard InChI is InChI=1S/C13H20N2S/c1-3-5-10(4-2)11-6-8-12(9-7-11)15-13(14)16/h6-10H,3-5H2,1-2H3,(H3,14,15,16). The lowest BCUT2D eigenvalue weighted by Gasteiger charge is -2.14. The molecule has 1 aromatic carbocycles. The molecule has 0 aliphatic heterocycles. The monoisotopic (exact) mass is 236 g/mol. The summed E-state index contributed by atoms with van der Waals surface area (Å²) in [7, 11) is 0. The summed E-state index contributed by atoms with van der Waals surface area (Å²) in [6, 6.07) is 8.38. The van der Waals surface area contributed by atoms with Gasteiger partial charge in [-0.1, -0.05) is 32.4 Å². The fourth-order valence-electron chi connectivity index (χ4n) is 1.94. The molecule has 0 bridgehead atoms.